The van der Waals surface area contributed by atoms with E-state index < -0.39 is 11.7 Å². The van der Waals surface area contributed by atoms with Gasteiger partial charge in [-0.3, -0.25) is 0 Å². The van der Waals surface area contributed by atoms with Gasteiger partial charge in [-0.05, 0) is 42.5 Å². The van der Waals surface area contributed by atoms with Gasteiger partial charge in [0.15, 0.2) is 0 Å². The van der Waals surface area contributed by atoms with Gasteiger partial charge in [0.25, 0.3) is 0 Å². The SMILES string of the molecule is COc1ccc(Oc2ccc(C(F)(F)F)cc2Cl)cc1. The van der Waals surface area contributed by atoms with Crippen molar-refractivity contribution < 1.29 is 22.6 Å². The lowest BCUT2D eigenvalue weighted by molar-refractivity contribution is -0.137. The lowest BCUT2D eigenvalue weighted by Crippen LogP contribution is -2.04. The molecule has 0 bridgehead atoms. The molecule has 0 N–H and O–H groups in total. The molecule has 0 unspecified atom stereocenters. The summed E-state index contributed by atoms with van der Waals surface area (Å²) >= 11 is 5.79. The molecule has 0 amide bonds. The number of alkyl halides is 3. The Bertz CT molecular complexity index is 594. The minimum Gasteiger partial charge on any atom is -0.497 e. The topological polar surface area (TPSA) is 18.5 Å². The summed E-state index contributed by atoms with van der Waals surface area (Å²) in [6.45, 7) is 0. The first-order valence-corrected chi connectivity index (χ1v) is 5.96. The molecule has 0 aliphatic rings. The highest BCUT2D eigenvalue weighted by molar-refractivity contribution is 6.32. The summed E-state index contributed by atoms with van der Waals surface area (Å²) in [6.07, 6.45) is -4.43. The van der Waals surface area contributed by atoms with Crippen LogP contribution in [0.4, 0.5) is 13.2 Å². The summed E-state index contributed by atoms with van der Waals surface area (Å²) in [5.41, 5.74) is -0.815. The van der Waals surface area contributed by atoms with Crippen molar-refractivity contribution in [3.63, 3.8) is 0 Å². The van der Waals surface area contributed by atoms with E-state index in [-0.39, 0.29) is 10.8 Å². The predicted molar refractivity (Wildman–Crippen MR) is 69.5 cm³/mol. The van der Waals surface area contributed by atoms with Gasteiger partial charge in [0, 0.05) is 0 Å². The highest BCUT2D eigenvalue weighted by Crippen LogP contribution is 2.36. The van der Waals surface area contributed by atoms with Crippen LogP contribution in [0.2, 0.25) is 5.02 Å². The van der Waals surface area contributed by atoms with Crippen LogP contribution in [0.1, 0.15) is 5.56 Å². The molecule has 0 atom stereocenters. The first-order chi connectivity index (χ1) is 9.40. The van der Waals surface area contributed by atoms with Crippen LogP contribution in [0.15, 0.2) is 42.5 Å². The fraction of sp³-hybridized carbons (Fsp3) is 0.143. The molecule has 2 aromatic rings. The van der Waals surface area contributed by atoms with Gasteiger partial charge in [-0.15, -0.1) is 0 Å². The molecular formula is C14H10ClF3O2. The van der Waals surface area contributed by atoms with Crippen molar-refractivity contribution in [2.45, 2.75) is 6.18 Å². The van der Waals surface area contributed by atoms with Crippen molar-refractivity contribution in [1.29, 1.82) is 0 Å². The summed E-state index contributed by atoms with van der Waals surface area (Å²) in [6, 6.07) is 9.56. The van der Waals surface area contributed by atoms with E-state index >= 15 is 0 Å². The Labute approximate surface area is 118 Å². The van der Waals surface area contributed by atoms with E-state index in [1.165, 1.54) is 13.2 Å². The molecule has 0 heterocycles. The van der Waals surface area contributed by atoms with Gasteiger partial charge < -0.3 is 9.47 Å². The van der Waals surface area contributed by atoms with Gasteiger partial charge in [0.2, 0.25) is 0 Å². The van der Waals surface area contributed by atoms with Gasteiger partial charge in [-0.2, -0.15) is 13.2 Å². The quantitative estimate of drug-likeness (QED) is 0.779. The molecule has 6 heteroatoms. The van der Waals surface area contributed by atoms with Crippen LogP contribution in [-0.2, 0) is 6.18 Å². The van der Waals surface area contributed by atoms with Gasteiger partial charge in [-0.25, -0.2) is 0 Å². The average molecular weight is 303 g/mol. The smallest absolute Gasteiger partial charge is 0.416 e. The third kappa shape index (κ3) is 3.36. The van der Waals surface area contributed by atoms with Crippen molar-refractivity contribution in [2.24, 2.45) is 0 Å². The number of hydrogen-bond acceptors (Lipinski definition) is 2. The van der Waals surface area contributed by atoms with Crippen LogP contribution < -0.4 is 9.47 Å². The summed E-state index contributed by atoms with van der Waals surface area (Å²) < 4.78 is 47.9. The summed E-state index contributed by atoms with van der Waals surface area (Å²) in [7, 11) is 1.53. The molecule has 0 saturated heterocycles. The highest BCUT2D eigenvalue weighted by Gasteiger charge is 2.31. The van der Waals surface area contributed by atoms with Crippen molar-refractivity contribution >= 4 is 11.6 Å². The van der Waals surface area contributed by atoms with E-state index in [2.05, 4.69) is 0 Å². The molecule has 0 aliphatic carbocycles. The maximum absolute atomic E-state index is 12.5. The number of rotatable bonds is 3. The van der Waals surface area contributed by atoms with Crippen molar-refractivity contribution in [3.05, 3.63) is 53.1 Å². The summed E-state index contributed by atoms with van der Waals surface area (Å²) in [5.74, 6) is 1.26. The van der Waals surface area contributed by atoms with Crippen LogP contribution >= 0.6 is 11.6 Å². The molecule has 0 fully saturated rings. The van der Waals surface area contributed by atoms with Crippen molar-refractivity contribution in [2.75, 3.05) is 7.11 Å². The van der Waals surface area contributed by atoms with Crippen LogP contribution in [-0.4, -0.2) is 7.11 Å². The second-order valence-corrected chi connectivity index (χ2v) is 4.33. The second-order valence-electron chi connectivity index (χ2n) is 3.92. The number of methoxy groups -OCH3 is 1. The molecule has 106 valence electrons. The Kier molecular flexibility index (Phi) is 4.09. The first-order valence-electron chi connectivity index (χ1n) is 5.59. The highest BCUT2D eigenvalue weighted by atomic mass is 35.5. The largest absolute Gasteiger partial charge is 0.497 e. The summed E-state index contributed by atoms with van der Waals surface area (Å²) in [4.78, 5) is 0. The third-order valence-corrected chi connectivity index (χ3v) is 2.84. The number of benzene rings is 2. The van der Waals surface area contributed by atoms with E-state index in [4.69, 9.17) is 21.1 Å². The van der Waals surface area contributed by atoms with Crippen LogP contribution in [0.3, 0.4) is 0 Å². The molecule has 0 radical (unpaired) electrons. The standard InChI is InChI=1S/C14H10ClF3O2/c1-19-10-3-5-11(6-4-10)20-13-7-2-9(8-12(13)15)14(16,17)18/h2-8H,1H3. The van der Waals surface area contributed by atoms with Crippen LogP contribution in [0.5, 0.6) is 17.2 Å². The Balaban J connectivity index is 2.21. The zero-order valence-electron chi connectivity index (χ0n) is 10.4. The lowest BCUT2D eigenvalue weighted by atomic mass is 10.2. The third-order valence-electron chi connectivity index (χ3n) is 2.55. The van der Waals surface area contributed by atoms with E-state index in [1.54, 1.807) is 24.3 Å². The first kappa shape index (κ1) is 14.5. The Hall–Kier alpha value is -1.88. The Morgan fingerprint density at radius 2 is 1.55 bits per heavy atom. The van der Waals surface area contributed by atoms with Crippen LogP contribution in [0, 0.1) is 0 Å². The van der Waals surface area contributed by atoms with Crippen molar-refractivity contribution in [1.82, 2.24) is 0 Å². The monoisotopic (exact) mass is 302 g/mol. The fourth-order valence-electron chi connectivity index (χ4n) is 1.53. The molecule has 0 aliphatic heterocycles. The maximum Gasteiger partial charge on any atom is 0.416 e. The molecule has 0 aromatic heterocycles. The minimum atomic E-state index is -4.43. The fourth-order valence-corrected chi connectivity index (χ4v) is 1.75. The van der Waals surface area contributed by atoms with Crippen molar-refractivity contribution in [3.8, 4) is 17.2 Å². The number of ether oxygens (including phenoxy) is 2. The average Bonchev–Trinajstić information content (AvgIpc) is 2.41. The second kappa shape index (κ2) is 5.63. The number of halogens is 4. The molecule has 20 heavy (non-hydrogen) atoms. The van der Waals surface area contributed by atoms with Gasteiger partial charge in [0.05, 0.1) is 17.7 Å². The Morgan fingerprint density at radius 1 is 0.950 bits per heavy atom. The zero-order valence-corrected chi connectivity index (χ0v) is 11.1. The van der Waals surface area contributed by atoms with E-state index in [9.17, 15) is 13.2 Å². The molecule has 2 rings (SSSR count). The van der Waals surface area contributed by atoms with E-state index in [0.29, 0.717) is 11.5 Å². The minimum absolute atomic E-state index is 0.101. The van der Waals surface area contributed by atoms with Gasteiger partial charge in [0.1, 0.15) is 17.2 Å². The normalized spacial score (nSPS) is 11.2. The molecule has 0 spiro atoms. The molecule has 2 nitrogen and oxygen atoms in total. The molecule has 0 saturated carbocycles. The van der Waals surface area contributed by atoms with E-state index in [1.807, 2.05) is 0 Å². The maximum atomic E-state index is 12.5. The van der Waals surface area contributed by atoms with Gasteiger partial charge in [-0.1, -0.05) is 11.6 Å². The van der Waals surface area contributed by atoms with Gasteiger partial charge >= 0.3 is 6.18 Å². The van der Waals surface area contributed by atoms with E-state index in [0.717, 1.165) is 12.1 Å². The summed E-state index contributed by atoms with van der Waals surface area (Å²) in [5, 5.41) is -0.101. The number of hydrogen-bond donors (Lipinski definition) is 0. The lowest BCUT2D eigenvalue weighted by Gasteiger charge is -2.11. The van der Waals surface area contributed by atoms with Crippen LogP contribution in [0.25, 0.3) is 0 Å². The zero-order chi connectivity index (χ0) is 14.8. The Morgan fingerprint density at radius 3 is 2.05 bits per heavy atom. The molecule has 2 aromatic carbocycles. The predicted octanol–water partition coefficient (Wildman–Crippen LogP) is 5.16. The molecular weight excluding hydrogens is 293 g/mol.